The molecular weight excluding hydrogens is 725 g/mol. The minimum atomic E-state index is -1.44. The molecular formula is C51H90O7. The van der Waals surface area contributed by atoms with E-state index in [1.54, 1.807) is 0 Å². The molecule has 1 saturated heterocycles. The van der Waals surface area contributed by atoms with Crippen molar-refractivity contribution in [1.82, 2.24) is 0 Å². The zero-order valence-electron chi connectivity index (χ0n) is 38.4. The van der Waals surface area contributed by atoms with E-state index in [9.17, 15) is 20.1 Å². The van der Waals surface area contributed by atoms with Gasteiger partial charge in [0, 0.05) is 6.42 Å². The summed E-state index contributed by atoms with van der Waals surface area (Å²) in [6.07, 6.45) is 26.1. The van der Waals surface area contributed by atoms with Crippen LogP contribution in [0.15, 0.2) is 11.6 Å². The number of allylic oxidation sites excluding steroid dienone is 1. The summed E-state index contributed by atoms with van der Waals surface area (Å²) < 4.78 is 18.0. The van der Waals surface area contributed by atoms with Gasteiger partial charge in [0.2, 0.25) is 0 Å². The molecule has 5 rings (SSSR count). The zero-order valence-corrected chi connectivity index (χ0v) is 38.4. The maximum Gasteiger partial charge on any atom is 0.305 e. The lowest BCUT2D eigenvalue weighted by Gasteiger charge is -2.58. The minimum Gasteiger partial charge on any atom is -0.463 e. The van der Waals surface area contributed by atoms with Crippen molar-refractivity contribution in [2.75, 3.05) is 6.61 Å². The first-order chi connectivity index (χ1) is 27.8. The lowest BCUT2D eigenvalue weighted by Crippen LogP contribution is -2.60. The van der Waals surface area contributed by atoms with Crippen molar-refractivity contribution in [3.05, 3.63) is 11.6 Å². The molecule has 0 aromatic heterocycles. The zero-order chi connectivity index (χ0) is 41.9. The van der Waals surface area contributed by atoms with E-state index in [0.29, 0.717) is 17.8 Å². The number of esters is 1. The maximum atomic E-state index is 12.6. The molecule has 4 aliphatic carbocycles. The van der Waals surface area contributed by atoms with Crippen molar-refractivity contribution in [3.8, 4) is 0 Å². The molecule has 0 amide bonds. The average Bonchev–Trinajstić information content (AvgIpc) is 3.56. The molecule has 4 fully saturated rings. The first kappa shape index (κ1) is 48.0. The van der Waals surface area contributed by atoms with E-state index in [0.717, 1.165) is 80.5 Å². The number of ether oxygens (including phenoxy) is 3. The Bertz CT molecular complexity index is 1250. The second-order valence-corrected chi connectivity index (χ2v) is 21.1. The molecule has 5 aliphatic rings. The number of carbonyl (C=O) groups excluding carboxylic acids is 1. The third-order valence-electron chi connectivity index (χ3n) is 17.2. The van der Waals surface area contributed by atoms with E-state index in [-0.39, 0.29) is 24.1 Å². The lowest BCUT2D eigenvalue weighted by atomic mass is 9.47. The van der Waals surface area contributed by atoms with Crippen molar-refractivity contribution in [2.45, 2.75) is 246 Å². The van der Waals surface area contributed by atoms with Crippen molar-refractivity contribution < 1.29 is 34.3 Å². The Balaban J connectivity index is 1.04. The number of hydrogen-bond donors (Lipinski definition) is 3. The van der Waals surface area contributed by atoms with Gasteiger partial charge in [-0.3, -0.25) is 4.79 Å². The molecule has 7 heteroatoms. The quantitative estimate of drug-likeness (QED) is 0.0506. The van der Waals surface area contributed by atoms with Crippen LogP contribution in [0.25, 0.3) is 0 Å². The van der Waals surface area contributed by atoms with Crippen LogP contribution in [-0.4, -0.2) is 64.7 Å². The van der Waals surface area contributed by atoms with E-state index >= 15 is 0 Å². The van der Waals surface area contributed by atoms with Crippen LogP contribution in [0.1, 0.15) is 209 Å². The molecule has 1 aliphatic heterocycles. The summed E-state index contributed by atoms with van der Waals surface area (Å²) in [6, 6.07) is 0. The van der Waals surface area contributed by atoms with Crippen LogP contribution in [-0.2, 0) is 19.0 Å². The number of rotatable bonds is 24. The monoisotopic (exact) mass is 815 g/mol. The molecule has 3 saturated carbocycles. The van der Waals surface area contributed by atoms with Crippen molar-refractivity contribution in [1.29, 1.82) is 0 Å². The molecule has 0 bridgehead atoms. The number of aliphatic hydroxyl groups excluding tert-OH is 3. The minimum absolute atomic E-state index is 0.139. The van der Waals surface area contributed by atoms with Crippen LogP contribution >= 0.6 is 0 Å². The molecule has 2 unspecified atom stereocenters. The second kappa shape index (κ2) is 22.9. The third-order valence-corrected chi connectivity index (χ3v) is 17.2. The molecule has 7 nitrogen and oxygen atoms in total. The summed E-state index contributed by atoms with van der Waals surface area (Å²) >= 11 is 0. The van der Waals surface area contributed by atoms with Crippen LogP contribution in [0.5, 0.6) is 0 Å². The van der Waals surface area contributed by atoms with Crippen LogP contribution in [0, 0.1) is 52.3 Å². The van der Waals surface area contributed by atoms with Crippen LogP contribution < -0.4 is 0 Å². The van der Waals surface area contributed by atoms with E-state index in [2.05, 4.69) is 54.5 Å². The van der Waals surface area contributed by atoms with Crippen molar-refractivity contribution in [3.63, 3.8) is 0 Å². The maximum absolute atomic E-state index is 12.6. The molecule has 1 heterocycles. The second-order valence-electron chi connectivity index (χ2n) is 21.1. The van der Waals surface area contributed by atoms with Crippen molar-refractivity contribution >= 4 is 5.97 Å². The summed E-state index contributed by atoms with van der Waals surface area (Å²) in [5, 5.41) is 32.5. The van der Waals surface area contributed by atoms with Gasteiger partial charge in [-0.05, 0) is 116 Å². The van der Waals surface area contributed by atoms with Gasteiger partial charge in [0.1, 0.15) is 31.0 Å². The standard InChI is InChI=1S/C51H90O7/c1-8-10-11-12-13-14-15-16-17-18-19-20-21-22-45(52)56-34-44-46(53)47(54)48(55)49(58-44)57-39-29-31-50(6)38(33-39)25-26-40-42-28-27-41(51(42,7)32-30-43(40)50)36(5)23-24-37(9-2)35(3)4/h25,35-37,39-44,46-49,53-55H,8-24,26-34H2,1-7H3/t36-,37-,39+,40+,41-,42?,43?,44-,46-,47+,48-,49-,50+,51-/m1/s1. The van der Waals surface area contributed by atoms with Crippen LogP contribution in [0.4, 0.5) is 0 Å². The fraction of sp³-hybridized carbons (Fsp3) is 0.941. The van der Waals surface area contributed by atoms with Gasteiger partial charge in [0.15, 0.2) is 6.29 Å². The fourth-order valence-corrected chi connectivity index (χ4v) is 13.3. The highest BCUT2D eigenvalue weighted by atomic mass is 16.7. The first-order valence-corrected chi connectivity index (χ1v) is 25.0. The number of aliphatic hydroxyl groups is 3. The third kappa shape index (κ3) is 11.9. The van der Waals surface area contributed by atoms with Gasteiger partial charge >= 0.3 is 5.97 Å². The molecule has 14 atom stereocenters. The van der Waals surface area contributed by atoms with Gasteiger partial charge in [-0.25, -0.2) is 0 Å². The Kier molecular flexibility index (Phi) is 19.0. The highest BCUT2D eigenvalue weighted by molar-refractivity contribution is 5.69. The Morgan fingerprint density at radius 1 is 0.793 bits per heavy atom. The van der Waals surface area contributed by atoms with Crippen molar-refractivity contribution in [2.24, 2.45) is 52.3 Å². The predicted molar refractivity (Wildman–Crippen MR) is 235 cm³/mol. The summed E-state index contributed by atoms with van der Waals surface area (Å²) in [4.78, 5) is 12.6. The first-order valence-electron chi connectivity index (χ1n) is 25.0. The molecule has 0 spiro atoms. The predicted octanol–water partition coefficient (Wildman–Crippen LogP) is 11.9. The van der Waals surface area contributed by atoms with Gasteiger partial charge in [0.05, 0.1) is 6.10 Å². The topological polar surface area (TPSA) is 105 Å². The molecule has 3 N–H and O–H groups in total. The molecule has 0 radical (unpaired) electrons. The average molecular weight is 815 g/mol. The number of fused-ring (bicyclic) bond motifs is 5. The molecule has 0 aromatic rings. The van der Waals surface area contributed by atoms with E-state index in [1.807, 2.05) is 0 Å². The molecule has 58 heavy (non-hydrogen) atoms. The Labute approximate surface area is 355 Å². The summed E-state index contributed by atoms with van der Waals surface area (Å²) in [5.41, 5.74) is 2.13. The highest BCUT2D eigenvalue weighted by Crippen LogP contribution is 2.67. The van der Waals surface area contributed by atoms with Crippen LogP contribution in [0.2, 0.25) is 0 Å². The highest BCUT2D eigenvalue weighted by Gasteiger charge is 2.59. The Morgan fingerprint density at radius 2 is 1.45 bits per heavy atom. The summed E-state index contributed by atoms with van der Waals surface area (Å²) in [6.45, 7) is 17.0. The normalized spacial score (nSPS) is 37.1. The number of unbranched alkanes of at least 4 members (excludes halogenated alkanes) is 12. The summed E-state index contributed by atoms with van der Waals surface area (Å²) in [5.74, 6) is 5.24. The molecule has 0 aromatic carbocycles. The largest absolute Gasteiger partial charge is 0.463 e. The van der Waals surface area contributed by atoms with E-state index < -0.39 is 30.7 Å². The number of hydrogen-bond acceptors (Lipinski definition) is 7. The lowest BCUT2D eigenvalue weighted by molar-refractivity contribution is -0.313. The Hall–Kier alpha value is -0.990. The van der Waals surface area contributed by atoms with Gasteiger partial charge in [-0.2, -0.15) is 0 Å². The smallest absolute Gasteiger partial charge is 0.305 e. The van der Waals surface area contributed by atoms with Crippen LogP contribution in [0.3, 0.4) is 0 Å². The van der Waals surface area contributed by atoms with Gasteiger partial charge in [-0.15, -0.1) is 0 Å². The summed E-state index contributed by atoms with van der Waals surface area (Å²) in [7, 11) is 0. The molecule has 336 valence electrons. The van der Waals surface area contributed by atoms with E-state index in [4.69, 9.17) is 14.2 Å². The van der Waals surface area contributed by atoms with E-state index in [1.165, 1.54) is 115 Å². The van der Waals surface area contributed by atoms with Gasteiger partial charge in [0.25, 0.3) is 0 Å². The van der Waals surface area contributed by atoms with Gasteiger partial charge < -0.3 is 29.5 Å². The van der Waals surface area contributed by atoms with Gasteiger partial charge in [-0.1, -0.05) is 150 Å². The Morgan fingerprint density at radius 3 is 2.09 bits per heavy atom. The fourth-order valence-electron chi connectivity index (χ4n) is 13.3. The SMILES string of the molecule is CCCCCCCCCCCCCCCC(=O)OC[C@H]1O[C@@H](O[C@H]2CC[C@@]3(C)C(=CC[C@@H]4C3CC[C@@]3(C)C4CC[C@@H]3[C@H](C)CC[C@@H](CC)C(C)C)C2)[C@H](O)[C@@H](O)[C@@H]1O. The number of carbonyl (C=O) groups is 1.